The van der Waals surface area contributed by atoms with Crippen LogP contribution < -0.4 is 4.74 Å². The minimum Gasteiger partial charge on any atom is -0.490 e. The van der Waals surface area contributed by atoms with E-state index >= 15 is 0 Å². The van der Waals surface area contributed by atoms with Crippen molar-refractivity contribution in [3.05, 3.63) is 12.4 Å². The molecule has 15 heavy (non-hydrogen) atoms. The quantitative estimate of drug-likeness (QED) is 0.731. The van der Waals surface area contributed by atoms with Crippen molar-refractivity contribution in [2.24, 2.45) is 0 Å². The molecule has 1 aliphatic heterocycles. The van der Waals surface area contributed by atoms with Gasteiger partial charge in [-0.2, -0.15) is 5.10 Å². The molecule has 1 aromatic heterocycles. The summed E-state index contributed by atoms with van der Waals surface area (Å²) in [6.45, 7) is 4.88. The minimum atomic E-state index is -0.0915. The molecule has 5 heteroatoms. The van der Waals surface area contributed by atoms with Crippen LogP contribution in [0.1, 0.15) is 13.3 Å². The highest BCUT2D eigenvalue weighted by molar-refractivity contribution is 5.11. The summed E-state index contributed by atoms with van der Waals surface area (Å²) in [5.74, 6) is 0.801. The summed E-state index contributed by atoms with van der Waals surface area (Å²) in [6.07, 6.45) is 4.28. The number of aryl methyl sites for hydroxylation is 1. The highest BCUT2D eigenvalue weighted by atomic mass is 16.7. The van der Waals surface area contributed by atoms with Crippen LogP contribution in [0.5, 0.6) is 5.75 Å². The first-order valence-electron chi connectivity index (χ1n) is 5.27. The molecule has 0 spiro atoms. The van der Waals surface area contributed by atoms with Gasteiger partial charge in [0.25, 0.3) is 0 Å². The fourth-order valence-electron chi connectivity index (χ4n) is 1.44. The SMILES string of the molecule is CCn1cc(OCCC2OCCO2)cn1. The first kappa shape index (κ1) is 10.4. The zero-order chi connectivity index (χ0) is 10.5. The molecule has 0 aliphatic carbocycles. The van der Waals surface area contributed by atoms with E-state index in [9.17, 15) is 0 Å². The number of hydrogen-bond donors (Lipinski definition) is 0. The average molecular weight is 212 g/mol. The van der Waals surface area contributed by atoms with Gasteiger partial charge in [-0.3, -0.25) is 4.68 Å². The zero-order valence-electron chi connectivity index (χ0n) is 8.89. The van der Waals surface area contributed by atoms with Gasteiger partial charge in [0.15, 0.2) is 12.0 Å². The minimum absolute atomic E-state index is 0.0915. The van der Waals surface area contributed by atoms with E-state index in [0.29, 0.717) is 19.8 Å². The highest BCUT2D eigenvalue weighted by Crippen LogP contribution is 2.11. The second-order valence-corrected chi connectivity index (χ2v) is 3.34. The summed E-state index contributed by atoms with van der Waals surface area (Å²) in [4.78, 5) is 0. The van der Waals surface area contributed by atoms with E-state index < -0.39 is 0 Å². The second-order valence-electron chi connectivity index (χ2n) is 3.34. The Kier molecular flexibility index (Phi) is 3.58. The molecule has 84 valence electrons. The van der Waals surface area contributed by atoms with Crippen molar-refractivity contribution in [1.29, 1.82) is 0 Å². The maximum absolute atomic E-state index is 5.51. The Bertz CT molecular complexity index is 295. The third-order valence-electron chi connectivity index (χ3n) is 2.25. The van der Waals surface area contributed by atoms with Crippen molar-refractivity contribution in [3.63, 3.8) is 0 Å². The molecule has 0 radical (unpaired) electrons. The van der Waals surface area contributed by atoms with Crippen LogP contribution in [0.15, 0.2) is 12.4 Å². The van der Waals surface area contributed by atoms with Crippen LogP contribution in [0.3, 0.4) is 0 Å². The van der Waals surface area contributed by atoms with Gasteiger partial charge in [0, 0.05) is 13.0 Å². The Labute approximate surface area is 88.9 Å². The Hall–Kier alpha value is -1.07. The van der Waals surface area contributed by atoms with Crippen LogP contribution in [0, 0.1) is 0 Å². The lowest BCUT2D eigenvalue weighted by Crippen LogP contribution is -2.12. The summed E-state index contributed by atoms with van der Waals surface area (Å²) < 4.78 is 17.9. The van der Waals surface area contributed by atoms with Gasteiger partial charge < -0.3 is 14.2 Å². The number of hydrogen-bond acceptors (Lipinski definition) is 4. The van der Waals surface area contributed by atoms with E-state index in [4.69, 9.17) is 14.2 Å². The lowest BCUT2D eigenvalue weighted by Gasteiger charge is -2.08. The van der Waals surface area contributed by atoms with Gasteiger partial charge in [-0.25, -0.2) is 0 Å². The normalized spacial score (nSPS) is 17.1. The first-order valence-corrected chi connectivity index (χ1v) is 5.27. The molecule has 0 unspecified atom stereocenters. The Balaban J connectivity index is 1.68. The third-order valence-corrected chi connectivity index (χ3v) is 2.25. The van der Waals surface area contributed by atoms with Crippen LogP contribution in [-0.4, -0.2) is 35.9 Å². The van der Waals surface area contributed by atoms with Crippen molar-refractivity contribution >= 4 is 0 Å². The Morgan fingerprint density at radius 3 is 3.00 bits per heavy atom. The smallest absolute Gasteiger partial charge is 0.161 e. The molecule has 0 atom stereocenters. The topological polar surface area (TPSA) is 45.5 Å². The summed E-state index contributed by atoms with van der Waals surface area (Å²) in [6, 6.07) is 0. The Morgan fingerprint density at radius 1 is 1.53 bits per heavy atom. The van der Waals surface area contributed by atoms with Crippen LogP contribution in [0.2, 0.25) is 0 Å². The van der Waals surface area contributed by atoms with Crippen LogP contribution >= 0.6 is 0 Å². The average Bonchev–Trinajstić information content (AvgIpc) is 2.88. The molecule has 1 aromatic rings. The van der Waals surface area contributed by atoms with Crippen LogP contribution in [0.4, 0.5) is 0 Å². The molecule has 1 aliphatic rings. The molecule has 0 amide bonds. The first-order chi connectivity index (χ1) is 7.38. The maximum atomic E-state index is 5.51. The van der Waals surface area contributed by atoms with E-state index in [1.54, 1.807) is 6.20 Å². The molecule has 5 nitrogen and oxygen atoms in total. The molecule has 0 bridgehead atoms. The number of nitrogens with zero attached hydrogens (tertiary/aromatic N) is 2. The fraction of sp³-hybridized carbons (Fsp3) is 0.700. The second kappa shape index (κ2) is 5.14. The van der Waals surface area contributed by atoms with Gasteiger partial charge >= 0.3 is 0 Å². The maximum Gasteiger partial charge on any atom is 0.161 e. The van der Waals surface area contributed by atoms with Crippen molar-refractivity contribution in [2.45, 2.75) is 26.2 Å². The van der Waals surface area contributed by atoms with E-state index in [0.717, 1.165) is 18.7 Å². The van der Waals surface area contributed by atoms with E-state index in [2.05, 4.69) is 5.10 Å². The van der Waals surface area contributed by atoms with Gasteiger partial charge in [0.2, 0.25) is 0 Å². The predicted molar refractivity (Wildman–Crippen MR) is 53.7 cm³/mol. The summed E-state index contributed by atoms with van der Waals surface area (Å²) in [7, 11) is 0. The summed E-state index contributed by atoms with van der Waals surface area (Å²) in [5, 5.41) is 4.11. The Morgan fingerprint density at radius 2 is 2.33 bits per heavy atom. The summed E-state index contributed by atoms with van der Waals surface area (Å²) in [5.41, 5.74) is 0. The molecule has 0 N–H and O–H groups in total. The van der Waals surface area contributed by atoms with Crippen LogP contribution in [0.25, 0.3) is 0 Å². The monoisotopic (exact) mass is 212 g/mol. The van der Waals surface area contributed by atoms with Crippen molar-refractivity contribution in [3.8, 4) is 5.75 Å². The van der Waals surface area contributed by atoms with Gasteiger partial charge in [-0.1, -0.05) is 0 Å². The number of rotatable bonds is 5. The van der Waals surface area contributed by atoms with Crippen molar-refractivity contribution in [2.75, 3.05) is 19.8 Å². The number of aromatic nitrogens is 2. The van der Waals surface area contributed by atoms with Crippen molar-refractivity contribution in [1.82, 2.24) is 9.78 Å². The standard InChI is InChI=1S/C10H16N2O3/c1-2-12-8-9(7-11-12)13-4-3-10-14-5-6-15-10/h7-8,10H,2-6H2,1H3. The molecular formula is C10H16N2O3. The largest absolute Gasteiger partial charge is 0.490 e. The van der Waals surface area contributed by atoms with E-state index in [1.807, 2.05) is 17.8 Å². The highest BCUT2D eigenvalue weighted by Gasteiger charge is 2.15. The van der Waals surface area contributed by atoms with E-state index in [-0.39, 0.29) is 6.29 Å². The summed E-state index contributed by atoms with van der Waals surface area (Å²) >= 11 is 0. The predicted octanol–water partition coefficient (Wildman–Crippen LogP) is 1.04. The van der Waals surface area contributed by atoms with Crippen LogP contribution in [-0.2, 0) is 16.0 Å². The molecule has 0 saturated carbocycles. The molecule has 2 heterocycles. The molecule has 2 rings (SSSR count). The fourth-order valence-corrected chi connectivity index (χ4v) is 1.44. The lowest BCUT2D eigenvalue weighted by molar-refractivity contribution is -0.0531. The van der Waals surface area contributed by atoms with Crippen molar-refractivity contribution < 1.29 is 14.2 Å². The van der Waals surface area contributed by atoms with Gasteiger partial charge in [0.05, 0.1) is 32.2 Å². The third kappa shape index (κ3) is 2.94. The molecule has 1 fully saturated rings. The molecule has 1 saturated heterocycles. The van der Waals surface area contributed by atoms with E-state index in [1.165, 1.54) is 0 Å². The number of ether oxygens (including phenoxy) is 3. The van der Waals surface area contributed by atoms with Gasteiger partial charge in [0.1, 0.15) is 0 Å². The van der Waals surface area contributed by atoms with Gasteiger partial charge in [-0.15, -0.1) is 0 Å². The zero-order valence-corrected chi connectivity index (χ0v) is 8.89. The molecule has 0 aromatic carbocycles. The lowest BCUT2D eigenvalue weighted by atomic mass is 10.4. The van der Waals surface area contributed by atoms with Gasteiger partial charge in [-0.05, 0) is 6.92 Å². The molecular weight excluding hydrogens is 196 g/mol.